The Morgan fingerprint density at radius 1 is 1.23 bits per heavy atom. The third-order valence-corrected chi connectivity index (χ3v) is 3.82. The van der Waals surface area contributed by atoms with Gasteiger partial charge in [-0.15, -0.1) is 0 Å². The molecule has 0 radical (unpaired) electrons. The lowest BCUT2D eigenvalue weighted by Gasteiger charge is -2.17. The largest absolute Gasteiger partial charge is 0.484 e. The summed E-state index contributed by atoms with van der Waals surface area (Å²) in [5, 5.41) is 11.5. The topological polar surface area (TPSA) is 123 Å². The highest BCUT2D eigenvalue weighted by molar-refractivity contribution is 5.80. The summed E-state index contributed by atoms with van der Waals surface area (Å²) in [5.41, 5.74) is 4.59. The Balaban J connectivity index is 1.64. The smallest absolute Gasteiger partial charge is 0.355 e. The predicted octanol–water partition coefficient (Wildman–Crippen LogP) is 1.51. The average molecular weight is 358 g/mol. The Bertz CT molecular complexity index is 780. The van der Waals surface area contributed by atoms with Gasteiger partial charge in [-0.1, -0.05) is 18.2 Å². The molecule has 0 atom stereocenters. The van der Waals surface area contributed by atoms with E-state index in [0.717, 1.165) is 12.8 Å². The molecule has 1 fully saturated rings. The first-order valence-electron chi connectivity index (χ1n) is 8.12. The number of rotatable bonds is 7. The maximum Gasteiger partial charge on any atom is 0.355 e. The van der Waals surface area contributed by atoms with Crippen LogP contribution in [0.5, 0.6) is 5.75 Å². The normalized spacial score (nSPS) is 13.3. The zero-order chi connectivity index (χ0) is 18.4. The molecule has 0 unspecified atom stereocenters. The van der Waals surface area contributed by atoms with Gasteiger partial charge in [-0.3, -0.25) is 25.8 Å². The highest BCUT2D eigenvalue weighted by Gasteiger charge is 2.28. The maximum atomic E-state index is 11.9. The number of amides is 1. The summed E-state index contributed by atoms with van der Waals surface area (Å²) < 4.78 is 5.31. The van der Waals surface area contributed by atoms with Crippen molar-refractivity contribution < 1.29 is 14.5 Å². The Morgan fingerprint density at radius 3 is 2.65 bits per heavy atom. The fraction of sp³-hybridized carbons (Fsp3) is 0.312. The van der Waals surface area contributed by atoms with Crippen molar-refractivity contribution >= 4 is 23.2 Å². The molecule has 0 bridgehead atoms. The minimum atomic E-state index is -0.553. The minimum Gasteiger partial charge on any atom is -0.484 e. The molecule has 0 aliphatic carbocycles. The Hall–Kier alpha value is -3.43. The van der Waals surface area contributed by atoms with Gasteiger partial charge in [0.25, 0.3) is 5.91 Å². The Morgan fingerprint density at radius 2 is 1.96 bits per heavy atom. The number of nitro groups is 1. The Labute approximate surface area is 149 Å². The second kappa shape index (κ2) is 8.10. The number of anilines is 2. The van der Waals surface area contributed by atoms with Gasteiger partial charge in [-0.2, -0.15) is 0 Å². The summed E-state index contributed by atoms with van der Waals surface area (Å²) in [5.74, 6) is 0.233. The lowest BCUT2D eigenvalue weighted by molar-refractivity contribution is -0.383. The van der Waals surface area contributed by atoms with E-state index >= 15 is 0 Å². The first-order chi connectivity index (χ1) is 12.6. The molecule has 26 heavy (non-hydrogen) atoms. The molecule has 2 heterocycles. The van der Waals surface area contributed by atoms with Crippen molar-refractivity contribution in [2.75, 3.05) is 30.0 Å². The van der Waals surface area contributed by atoms with Crippen LogP contribution in [0.25, 0.3) is 0 Å². The standard InChI is InChI=1S/C16H18N6O4/c23-13(10-26-12-6-2-1-3-7-12)19-20-15-14(22(24)25)16(18-11-17-15)21-8-4-5-9-21/h1-3,6-7,11H,4-5,8-10H2,(H,19,23)(H,17,18,20). The van der Waals surface area contributed by atoms with E-state index in [2.05, 4.69) is 20.8 Å². The van der Waals surface area contributed by atoms with Crippen LogP contribution in [-0.4, -0.2) is 40.5 Å². The predicted molar refractivity (Wildman–Crippen MR) is 93.8 cm³/mol. The molecule has 2 aromatic rings. The molecule has 1 amide bonds. The molecular formula is C16H18N6O4. The number of aromatic nitrogens is 2. The quantitative estimate of drug-likeness (QED) is 0.564. The number of hydrazine groups is 1. The highest BCUT2D eigenvalue weighted by Crippen LogP contribution is 2.32. The summed E-state index contributed by atoms with van der Waals surface area (Å²) in [7, 11) is 0. The number of para-hydroxylation sites is 1. The first kappa shape index (κ1) is 17.4. The van der Waals surface area contributed by atoms with Crippen LogP contribution in [0, 0.1) is 10.1 Å². The van der Waals surface area contributed by atoms with E-state index in [4.69, 9.17) is 4.74 Å². The molecule has 0 saturated carbocycles. The van der Waals surface area contributed by atoms with E-state index < -0.39 is 10.8 Å². The molecular weight excluding hydrogens is 340 g/mol. The number of nitrogens with zero attached hydrogens (tertiary/aromatic N) is 4. The van der Waals surface area contributed by atoms with Crippen LogP contribution in [0.3, 0.4) is 0 Å². The van der Waals surface area contributed by atoms with Crippen molar-refractivity contribution in [3.63, 3.8) is 0 Å². The van der Waals surface area contributed by atoms with E-state index in [-0.39, 0.29) is 23.9 Å². The maximum absolute atomic E-state index is 11.9. The number of hydrogen-bond acceptors (Lipinski definition) is 8. The fourth-order valence-electron chi connectivity index (χ4n) is 2.62. The lowest BCUT2D eigenvalue weighted by atomic mass is 10.3. The molecule has 1 aliphatic rings. The molecule has 3 rings (SSSR count). The lowest BCUT2D eigenvalue weighted by Crippen LogP contribution is -2.34. The molecule has 136 valence electrons. The monoisotopic (exact) mass is 358 g/mol. The SMILES string of the molecule is O=C(COc1ccccc1)NNc1ncnc(N2CCCC2)c1[N+](=O)[O-]. The zero-order valence-electron chi connectivity index (χ0n) is 13.9. The van der Waals surface area contributed by atoms with Gasteiger partial charge >= 0.3 is 5.69 Å². The summed E-state index contributed by atoms with van der Waals surface area (Å²) in [6.45, 7) is 1.16. The van der Waals surface area contributed by atoms with Gasteiger partial charge in [0, 0.05) is 13.1 Å². The van der Waals surface area contributed by atoms with E-state index in [1.807, 2.05) is 11.0 Å². The van der Waals surface area contributed by atoms with Gasteiger partial charge in [0.1, 0.15) is 12.1 Å². The number of carbonyl (C=O) groups is 1. The third kappa shape index (κ3) is 4.15. The van der Waals surface area contributed by atoms with Crippen LogP contribution < -0.4 is 20.5 Å². The number of benzene rings is 1. The van der Waals surface area contributed by atoms with Crippen LogP contribution >= 0.6 is 0 Å². The molecule has 1 aromatic heterocycles. The molecule has 1 saturated heterocycles. The number of hydrogen-bond donors (Lipinski definition) is 2. The molecule has 2 N–H and O–H groups in total. The van der Waals surface area contributed by atoms with Crippen molar-refractivity contribution in [3.8, 4) is 5.75 Å². The summed E-state index contributed by atoms with van der Waals surface area (Å²) in [4.78, 5) is 32.6. The van der Waals surface area contributed by atoms with Gasteiger partial charge in [0.2, 0.25) is 11.6 Å². The van der Waals surface area contributed by atoms with Crippen molar-refractivity contribution in [2.45, 2.75) is 12.8 Å². The van der Waals surface area contributed by atoms with Crippen molar-refractivity contribution in [3.05, 3.63) is 46.8 Å². The van der Waals surface area contributed by atoms with Crippen molar-refractivity contribution in [2.24, 2.45) is 0 Å². The minimum absolute atomic E-state index is 0.0695. The van der Waals surface area contributed by atoms with Crippen LogP contribution in [0.15, 0.2) is 36.7 Å². The van der Waals surface area contributed by atoms with E-state index in [0.29, 0.717) is 18.8 Å². The molecule has 10 heteroatoms. The van der Waals surface area contributed by atoms with E-state index in [1.165, 1.54) is 6.33 Å². The Kier molecular flexibility index (Phi) is 5.42. The second-order valence-corrected chi connectivity index (χ2v) is 5.62. The second-order valence-electron chi connectivity index (χ2n) is 5.62. The first-order valence-corrected chi connectivity index (χ1v) is 8.12. The van der Waals surface area contributed by atoms with Crippen molar-refractivity contribution in [1.29, 1.82) is 0 Å². The highest BCUT2D eigenvalue weighted by atomic mass is 16.6. The van der Waals surface area contributed by atoms with Crippen LogP contribution in [-0.2, 0) is 4.79 Å². The fourth-order valence-corrected chi connectivity index (χ4v) is 2.62. The van der Waals surface area contributed by atoms with E-state index in [1.54, 1.807) is 24.3 Å². The zero-order valence-corrected chi connectivity index (χ0v) is 13.9. The van der Waals surface area contributed by atoms with Crippen molar-refractivity contribution in [1.82, 2.24) is 15.4 Å². The van der Waals surface area contributed by atoms with E-state index in [9.17, 15) is 14.9 Å². The molecule has 10 nitrogen and oxygen atoms in total. The molecule has 1 aliphatic heterocycles. The van der Waals surface area contributed by atoms with Gasteiger partial charge in [0.15, 0.2) is 6.61 Å². The third-order valence-electron chi connectivity index (χ3n) is 3.82. The average Bonchev–Trinajstić information content (AvgIpc) is 3.19. The van der Waals surface area contributed by atoms with Gasteiger partial charge in [-0.05, 0) is 25.0 Å². The number of nitrogens with one attached hydrogen (secondary N) is 2. The van der Waals surface area contributed by atoms with Crippen LogP contribution in [0.4, 0.5) is 17.3 Å². The summed E-state index contributed by atoms with van der Waals surface area (Å²) >= 11 is 0. The number of carbonyl (C=O) groups excluding carboxylic acids is 1. The van der Waals surface area contributed by atoms with Gasteiger partial charge in [-0.25, -0.2) is 9.97 Å². The van der Waals surface area contributed by atoms with Gasteiger partial charge in [0.05, 0.1) is 4.92 Å². The van der Waals surface area contributed by atoms with Gasteiger partial charge < -0.3 is 9.64 Å². The van der Waals surface area contributed by atoms with Crippen LogP contribution in [0.1, 0.15) is 12.8 Å². The molecule has 1 aromatic carbocycles. The number of ether oxygens (including phenoxy) is 1. The summed E-state index contributed by atoms with van der Waals surface area (Å²) in [6.07, 6.45) is 3.14. The molecule has 0 spiro atoms. The summed E-state index contributed by atoms with van der Waals surface area (Å²) in [6, 6.07) is 8.85. The van der Waals surface area contributed by atoms with Crippen LogP contribution in [0.2, 0.25) is 0 Å².